The van der Waals surface area contributed by atoms with Gasteiger partial charge in [0.2, 0.25) is 0 Å². The summed E-state index contributed by atoms with van der Waals surface area (Å²) < 4.78 is 5.14. The minimum absolute atomic E-state index is 0.668. The van der Waals surface area contributed by atoms with Crippen LogP contribution in [0.1, 0.15) is 0 Å². The van der Waals surface area contributed by atoms with Crippen LogP contribution in [0.5, 0.6) is 0 Å². The van der Waals surface area contributed by atoms with Crippen molar-refractivity contribution in [1.29, 1.82) is 0 Å². The molecule has 0 unspecified atom stereocenters. The topological polar surface area (TPSA) is 38.7 Å². The van der Waals surface area contributed by atoms with Crippen molar-refractivity contribution in [3.63, 3.8) is 0 Å². The fourth-order valence-corrected chi connectivity index (χ4v) is 9.24. The fraction of sp³-hybridized carbons (Fsp3) is 0. The van der Waals surface area contributed by atoms with Crippen molar-refractivity contribution in [3.8, 4) is 56.4 Å². The molecule has 0 saturated carbocycles. The normalized spacial score (nSPS) is 11.6. The number of hydrogen-bond acceptors (Lipinski definition) is 5. The van der Waals surface area contributed by atoms with Gasteiger partial charge in [0, 0.05) is 57.0 Å². The van der Waals surface area contributed by atoms with E-state index in [0.29, 0.717) is 17.5 Å². The quantitative estimate of drug-likeness (QED) is 0.182. The number of benzene rings is 7. The molecule has 5 heteroatoms. The number of nitrogens with zero attached hydrogens (tertiary/aromatic N) is 3. The monoisotopic (exact) mass is 673 g/mol. The van der Waals surface area contributed by atoms with Crippen molar-refractivity contribution in [2.45, 2.75) is 0 Å². The standard InChI is InChI=1S/C45H27N3S2/c1-3-11-28(12-4-1)43-46-44(29-13-5-2-6-14-29)48-45(47-43)33-21-23-36-38-26-31(22-24-40(38)49-41(36)27-33)30-15-9-16-32(25-30)34-18-10-19-37-35-17-7-8-20-39(35)50-42(34)37/h1-27H. The average molecular weight is 674 g/mol. The van der Waals surface area contributed by atoms with Gasteiger partial charge in [-0.05, 0) is 52.6 Å². The number of thiophene rings is 2. The molecule has 50 heavy (non-hydrogen) atoms. The third kappa shape index (κ3) is 4.98. The first kappa shape index (κ1) is 29.0. The van der Waals surface area contributed by atoms with Gasteiger partial charge in [0.15, 0.2) is 17.5 Å². The molecule has 3 aromatic heterocycles. The molecule has 0 aliphatic heterocycles. The van der Waals surface area contributed by atoms with Crippen LogP contribution in [-0.2, 0) is 0 Å². The van der Waals surface area contributed by atoms with Crippen LogP contribution in [-0.4, -0.2) is 15.0 Å². The Morgan fingerprint density at radius 3 is 1.64 bits per heavy atom. The van der Waals surface area contributed by atoms with Gasteiger partial charge in [0.1, 0.15) is 0 Å². The summed E-state index contributed by atoms with van der Waals surface area (Å²) in [5.41, 5.74) is 7.85. The summed E-state index contributed by atoms with van der Waals surface area (Å²) in [6, 6.07) is 58.0. The van der Waals surface area contributed by atoms with E-state index in [2.05, 4.69) is 103 Å². The molecule has 0 radical (unpaired) electrons. The van der Waals surface area contributed by atoms with Gasteiger partial charge in [0.05, 0.1) is 0 Å². The first-order chi connectivity index (χ1) is 24.7. The van der Waals surface area contributed by atoms with Crippen molar-refractivity contribution in [3.05, 3.63) is 164 Å². The molecule has 0 N–H and O–H groups in total. The molecule has 0 fully saturated rings. The van der Waals surface area contributed by atoms with Crippen LogP contribution < -0.4 is 0 Å². The van der Waals surface area contributed by atoms with Crippen LogP contribution in [0.3, 0.4) is 0 Å². The molecule has 0 aliphatic rings. The Morgan fingerprint density at radius 1 is 0.300 bits per heavy atom. The van der Waals surface area contributed by atoms with E-state index in [0.717, 1.165) is 16.7 Å². The summed E-state index contributed by atoms with van der Waals surface area (Å²) in [7, 11) is 0. The molecular formula is C45H27N3S2. The molecule has 3 heterocycles. The predicted molar refractivity (Wildman–Crippen MR) is 213 cm³/mol. The minimum atomic E-state index is 0.668. The molecule has 0 atom stereocenters. The summed E-state index contributed by atoms with van der Waals surface area (Å²) in [5.74, 6) is 2.01. The van der Waals surface area contributed by atoms with Gasteiger partial charge < -0.3 is 0 Å². The third-order valence-electron chi connectivity index (χ3n) is 9.34. The van der Waals surface area contributed by atoms with Crippen molar-refractivity contribution in [2.24, 2.45) is 0 Å². The Labute approximate surface area is 296 Å². The third-order valence-corrected chi connectivity index (χ3v) is 11.7. The lowest BCUT2D eigenvalue weighted by atomic mass is 9.97. The van der Waals surface area contributed by atoms with Crippen LogP contribution in [0.2, 0.25) is 0 Å². The molecule has 0 amide bonds. The Kier molecular flexibility index (Phi) is 6.86. The lowest BCUT2D eigenvalue weighted by Crippen LogP contribution is -1.99. The lowest BCUT2D eigenvalue weighted by molar-refractivity contribution is 1.07. The van der Waals surface area contributed by atoms with Gasteiger partial charge in [-0.2, -0.15) is 0 Å². The lowest BCUT2D eigenvalue weighted by Gasteiger charge is -2.09. The highest BCUT2D eigenvalue weighted by atomic mass is 32.1. The summed E-state index contributed by atoms with van der Waals surface area (Å²) in [6.45, 7) is 0. The van der Waals surface area contributed by atoms with Crippen molar-refractivity contribution < 1.29 is 0 Å². The maximum atomic E-state index is 4.96. The van der Waals surface area contributed by atoms with Crippen LogP contribution in [0.15, 0.2) is 164 Å². The van der Waals surface area contributed by atoms with Crippen molar-refractivity contribution in [1.82, 2.24) is 15.0 Å². The maximum Gasteiger partial charge on any atom is 0.164 e. The molecule has 7 aromatic carbocycles. The van der Waals surface area contributed by atoms with Crippen LogP contribution in [0.4, 0.5) is 0 Å². The average Bonchev–Trinajstić information content (AvgIpc) is 3.76. The van der Waals surface area contributed by atoms with Crippen LogP contribution >= 0.6 is 22.7 Å². The first-order valence-corrected chi connectivity index (χ1v) is 18.2. The van der Waals surface area contributed by atoms with E-state index in [1.54, 1.807) is 0 Å². The predicted octanol–water partition coefficient (Wildman–Crippen LogP) is 12.9. The van der Waals surface area contributed by atoms with E-state index in [1.165, 1.54) is 62.6 Å². The summed E-state index contributed by atoms with van der Waals surface area (Å²) >= 11 is 3.69. The molecule has 0 saturated heterocycles. The molecular weight excluding hydrogens is 647 g/mol. The SMILES string of the molecule is c1ccc(-c2nc(-c3ccccc3)nc(-c3ccc4c(c3)sc3ccc(-c5cccc(-c6cccc7c6sc6ccccc67)c5)cc34)n2)cc1. The zero-order chi connectivity index (χ0) is 33.0. The summed E-state index contributed by atoms with van der Waals surface area (Å²) in [4.78, 5) is 14.8. The molecule has 0 bridgehead atoms. The van der Waals surface area contributed by atoms with Gasteiger partial charge in [-0.3, -0.25) is 0 Å². The van der Waals surface area contributed by atoms with Crippen molar-refractivity contribution in [2.75, 3.05) is 0 Å². The van der Waals surface area contributed by atoms with Crippen molar-refractivity contribution >= 4 is 63.0 Å². The highest BCUT2D eigenvalue weighted by Gasteiger charge is 2.15. The fourth-order valence-electron chi connectivity index (χ4n) is 6.87. The highest BCUT2D eigenvalue weighted by molar-refractivity contribution is 7.26. The van der Waals surface area contributed by atoms with Crippen LogP contribution in [0, 0.1) is 0 Å². The highest BCUT2D eigenvalue weighted by Crippen LogP contribution is 2.42. The van der Waals surface area contributed by atoms with E-state index < -0.39 is 0 Å². The van der Waals surface area contributed by atoms with Crippen LogP contribution in [0.25, 0.3) is 96.8 Å². The Balaban J connectivity index is 1.05. The summed E-state index contributed by atoms with van der Waals surface area (Å²) in [5, 5.41) is 5.15. The van der Waals surface area contributed by atoms with Gasteiger partial charge in [-0.1, -0.05) is 133 Å². The molecule has 0 spiro atoms. The smallest absolute Gasteiger partial charge is 0.164 e. The molecule has 234 valence electrons. The zero-order valence-corrected chi connectivity index (χ0v) is 28.4. The second-order valence-electron chi connectivity index (χ2n) is 12.4. The van der Waals surface area contributed by atoms with E-state index in [1.807, 2.05) is 83.3 Å². The first-order valence-electron chi connectivity index (χ1n) is 16.6. The number of fused-ring (bicyclic) bond motifs is 6. The van der Waals surface area contributed by atoms with E-state index >= 15 is 0 Å². The van der Waals surface area contributed by atoms with E-state index in [9.17, 15) is 0 Å². The number of hydrogen-bond donors (Lipinski definition) is 0. The summed E-state index contributed by atoms with van der Waals surface area (Å²) in [6.07, 6.45) is 0. The molecule has 10 aromatic rings. The molecule has 10 rings (SSSR count). The zero-order valence-electron chi connectivity index (χ0n) is 26.7. The Morgan fingerprint density at radius 2 is 0.860 bits per heavy atom. The van der Waals surface area contributed by atoms with Gasteiger partial charge in [-0.15, -0.1) is 22.7 Å². The second-order valence-corrected chi connectivity index (χ2v) is 14.6. The largest absolute Gasteiger partial charge is 0.208 e. The van der Waals surface area contributed by atoms with E-state index in [4.69, 9.17) is 15.0 Å². The Bertz CT molecular complexity index is 2810. The Hall–Kier alpha value is -6.01. The molecule has 0 aliphatic carbocycles. The van der Waals surface area contributed by atoms with Gasteiger partial charge >= 0.3 is 0 Å². The van der Waals surface area contributed by atoms with E-state index in [-0.39, 0.29) is 0 Å². The number of aromatic nitrogens is 3. The minimum Gasteiger partial charge on any atom is -0.208 e. The van der Waals surface area contributed by atoms with Gasteiger partial charge in [-0.25, -0.2) is 15.0 Å². The molecule has 3 nitrogen and oxygen atoms in total. The second kappa shape index (κ2) is 11.8. The number of rotatable bonds is 5. The maximum absolute atomic E-state index is 4.96. The van der Waals surface area contributed by atoms with Gasteiger partial charge in [0.25, 0.3) is 0 Å².